The molecule has 6 nitrogen and oxygen atoms in total. The highest BCUT2D eigenvalue weighted by Gasteiger charge is 2.29. The van der Waals surface area contributed by atoms with Crippen LogP contribution in [0.25, 0.3) is 0 Å². The molecule has 0 N–H and O–H groups in total. The van der Waals surface area contributed by atoms with Crippen LogP contribution < -0.4 is 9.04 Å². The summed E-state index contributed by atoms with van der Waals surface area (Å²) in [6.07, 6.45) is 1.60. The number of esters is 1. The molecule has 0 unspecified atom stereocenters. The van der Waals surface area contributed by atoms with Crippen molar-refractivity contribution in [3.05, 3.63) is 53.1 Å². The third kappa shape index (κ3) is 3.64. The summed E-state index contributed by atoms with van der Waals surface area (Å²) in [6.45, 7) is 0.110. The first-order chi connectivity index (χ1) is 12.4. The van der Waals surface area contributed by atoms with Crippen molar-refractivity contribution in [1.82, 2.24) is 0 Å². The van der Waals surface area contributed by atoms with Gasteiger partial charge in [-0.15, -0.1) is 0 Å². The average Bonchev–Trinajstić information content (AvgIpc) is 2.66. The Morgan fingerprint density at radius 2 is 2.00 bits per heavy atom. The van der Waals surface area contributed by atoms with Gasteiger partial charge in [0.25, 0.3) is 10.0 Å². The van der Waals surface area contributed by atoms with Crippen LogP contribution in [0.4, 0.5) is 5.69 Å². The molecule has 0 radical (unpaired) electrons. The lowest BCUT2D eigenvalue weighted by molar-refractivity contribution is -0.142. The molecule has 1 heterocycles. The average molecular weight is 396 g/mol. The molecule has 2 aromatic carbocycles. The molecule has 1 aliphatic rings. The number of benzene rings is 2. The number of hydrogen-bond donors (Lipinski definition) is 0. The van der Waals surface area contributed by atoms with Crippen molar-refractivity contribution in [2.45, 2.75) is 17.7 Å². The van der Waals surface area contributed by atoms with Gasteiger partial charge in [0.2, 0.25) is 0 Å². The molecule has 0 spiro atoms. The van der Waals surface area contributed by atoms with Crippen molar-refractivity contribution < 1.29 is 22.7 Å². The molecule has 0 aliphatic carbocycles. The van der Waals surface area contributed by atoms with E-state index in [1.54, 1.807) is 0 Å². The maximum Gasteiger partial charge on any atom is 0.343 e. The first-order valence-electron chi connectivity index (χ1n) is 8.03. The molecule has 3 rings (SSSR count). The molecule has 0 aromatic heterocycles. The van der Waals surface area contributed by atoms with E-state index >= 15 is 0 Å². The van der Waals surface area contributed by atoms with Crippen LogP contribution in [0.1, 0.15) is 12.0 Å². The van der Waals surface area contributed by atoms with E-state index < -0.39 is 16.0 Å². The number of sulfonamides is 1. The van der Waals surface area contributed by atoms with Gasteiger partial charge in [-0.2, -0.15) is 0 Å². The van der Waals surface area contributed by atoms with E-state index in [1.165, 1.54) is 29.6 Å². The summed E-state index contributed by atoms with van der Waals surface area (Å²) in [5.74, 6) is -0.335. The number of halogens is 1. The summed E-state index contributed by atoms with van der Waals surface area (Å²) < 4.78 is 37.3. The Kier molecular flexibility index (Phi) is 5.38. The number of rotatable bonds is 5. The standard InChI is InChI=1S/C18H18ClNO5S/c1-24-18(21)12-25-17-9-8-14(11-15(17)19)26(22,23)20-10-4-6-13-5-2-3-7-16(13)20/h2-3,5,7-9,11H,4,6,10,12H2,1H3. The second-order valence-electron chi connectivity index (χ2n) is 5.77. The minimum absolute atomic E-state index is 0.0737. The fraction of sp³-hybridized carbons (Fsp3) is 0.278. The molecule has 0 fully saturated rings. The quantitative estimate of drug-likeness (QED) is 0.727. The van der Waals surface area contributed by atoms with Crippen molar-refractivity contribution in [2.75, 3.05) is 24.6 Å². The van der Waals surface area contributed by atoms with Gasteiger partial charge in [-0.05, 0) is 42.7 Å². The van der Waals surface area contributed by atoms with E-state index in [9.17, 15) is 13.2 Å². The summed E-state index contributed by atoms with van der Waals surface area (Å²) in [5, 5.41) is 0.111. The predicted molar refractivity (Wildman–Crippen MR) is 98.3 cm³/mol. The molecule has 0 amide bonds. The molecule has 138 valence electrons. The van der Waals surface area contributed by atoms with E-state index in [0.29, 0.717) is 12.2 Å². The lowest BCUT2D eigenvalue weighted by Crippen LogP contribution is -2.35. The molecule has 0 bridgehead atoms. The Labute approximate surface area is 157 Å². The smallest absolute Gasteiger partial charge is 0.343 e. The number of nitrogens with zero attached hydrogens (tertiary/aromatic N) is 1. The fourth-order valence-electron chi connectivity index (χ4n) is 2.83. The number of anilines is 1. The third-order valence-corrected chi connectivity index (χ3v) is 6.24. The van der Waals surface area contributed by atoms with Gasteiger partial charge in [0.15, 0.2) is 6.61 Å². The van der Waals surface area contributed by atoms with Gasteiger partial charge in [0.1, 0.15) is 5.75 Å². The van der Waals surface area contributed by atoms with Crippen LogP contribution >= 0.6 is 11.6 Å². The Balaban J connectivity index is 1.89. The van der Waals surface area contributed by atoms with Gasteiger partial charge in [-0.25, -0.2) is 13.2 Å². The Morgan fingerprint density at radius 1 is 1.23 bits per heavy atom. The number of methoxy groups -OCH3 is 1. The zero-order chi connectivity index (χ0) is 18.7. The second-order valence-corrected chi connectivity index (χ2v) is 8.04. The molecule has 26 heavy (non-hydrogen) atoms. The maximum atomic E-state index is 13.1. The molecule has 0 saturated heterocycles. The van der Waals surface area contributed by atoms with Gasteiger partial charge in [-0.3, -0.25) is 4.31 Å². The highest BCUT2D eigenvalue weighted by molar-refractivity contribution is 7.92. The normalized spacial score (nSPS) is 13.8. The first kappa shape index (κ1) is 18.5. The highest BCUT2D eigenvalue weighted by atomic mass is 35.5. The van der Waals surface area contributed by atoms with Crippen molar-refractivity contribution in [3.8, 4) is 5.75 Å². The van der Waals surface area contributed by atoms with Gasteiger partial charge < -0.3 is 9.47 Å². The predicted octanol–water partition coefficient (Wildman–Crippen LogP) is 3.03. The van der Waals surface area contributed by atoms with Gasteiger partial charge in [-0.1, -0.05) is 29.8 Å². The van der Waals surface area contributed by atoms with Crippen LogP contribution in [-0.2, 0) is 26.0 Å². The fourth-order valence-corrected chi connectivity index (χ4v) is 4.70. The van der Waals surface area contributed by atoms with Crippen LogP contribution in [0.3, 0.4) is 0 Å². The zero-order valence-corrected chi connectivity index (χ0v) is 15.7. The third-order valence-electron chi connectivity index (χ3n) is 4.13. The van der Waals surface area contributed by atoms with E-state index in [4.69, 9.17) is 16.3 Å². The number of aryl methyl sites for hydroxylation is 1. The molecule has 1 aliphatic heterocycles. The van der Waals surface area contributed by atoms with Crippen LogP contribution in [0, 0.1) is 0 Å². The summed E-state index contributed by atoms with van der Waals surface area (Å²) in [7, 11) is -2.50. The highest BCUT2D eigenvalue weighted by Crippen LogP contribution is 2.34. The molecular formula is C18H18ClNO5S. The Morgan fingerprint density at radius 3 is 2.73 bits per heavy atom. The number of ether oxygens (including phenoxy) is 2. The van der Waals surface area contributed by atoms with Crippen molar-refractivity contribution in [1.29, 1.82) is 0 Å². The van der Waals surface area contributed by atoms with E-state index in [1.807, 2.05) is 24.3 Å². The Bertz CT molecular complexity index is 929. The molecular weight excluding hydrogens is 378 g/mol. The summed E-state index contributed by atoms with van der Waals surface area (Å²) in [4.78, 5) is 11.2. The number of hydrogen-bond acceptors (Lipinski definition) is 5. The first-order valence-corrected chi connectivity index (χ1v) is 9.85. The molecule has 8 heteroatoms. The summed E-state index contributed by atoms with van der Waals surface area (Å²) in [5.41, 5.74) is 1.70. The molecule has 0 saturated carbocycles. The Hall–Kier alpha value is -2.25. The maximum absolute atomic E-state index is 13.1. The van der Waals surface area contributed by atoms with Gasteiger partial charge >= 0.3 is 5.97 Å². The monoisotopic (exact) mass is 395 g/mol. The minimum Gasteiger partial charge on any atom is -0.480 e. The van der Waals surface area contributed by atoms with E-state index in [2.05, 4.69) is 4.74 Å². The van der Waals surface area contributed by atoms with Crippen molar-refractivity contribution in [2.24, 2.45) is 0 Å². The van der Waals surface area contributed by atoms with Gasteiger partial charge in [0, 0.05) is 6.54 Å². The topological polar surface area (TPSA) is 72.9 Å². The number of fused-ring (bicyclic) bond motifs is 1. The number of carbonyl (C=O) groups is 1. The van der Waals surface area contributed by atoms with Crippen LogP contribution in [0.2, 0.25) is 5.02 Å². The lowest BCUT2D eigenvalue weighted by atomic mass is 10.0. The van der Waals surface area contributed by atoms with Crippen LogP contribution in [0.5, 0.6) is 5.75 Å². The SMILES string of the molecule is COC(=O)COc1ccc(S(=O)(=O)N2CCCc3ccccc32)cc1Cl. The minimum atomic E-state index is -3.75. The van der Waals surface area contributed by atoms with Crippen molar-refractivity contribution in [3.63, 3.8) is 0 Å². The summed E-state index contributed by atoms with van der Waals surface area (Å²) >= 11 is 6.14. The second kappa shape index (κ2) is 7.55. The summed E-state index contributed by atoms with van der Waals surface area (Å²) in [6, 6.07) is 11.7. The van der Waals surface area contributed by atoms with Crippen LogP contribution in [0.15, 0.2) is 47.4 Å². The lowest BCUT2D eigenvalue weighted by Gasteiger charge is -2.30. The zero-order valence-electron chi connectivity index (χ0n) is 14.1. The largest absolute Gasteiger partial charge is 0.480 e. The van der Waals surface area contributed by atoms with Gasteiger partial charge in [0.05, 0.1) is 22.7 Å². The number of carbonyl (C=O) groups excluding carboxylic acids is 1. The van der Waals surface area contributed by atoms with Crippen molar-refractivity contribution >= 4 is 33.3 Å². The van der Waals surface area contributed by atoms with E-state index in [0.717, 1.165) is 18.4 Å². The van der Waals surface area contributed by atoms with E-state index in [-0.39, 0.29) is 22.3 Å². The molecule has 2 aromatic rings. The van der Waals surface area contributed by atoms with Crippen LogP contribution in [-0.4, -0.2) is 34.6 Å². The number of para-hydroxylation sites is 1. The molecule has 0 atom stereocenters.